The van der Waals surface area contributed by atoms with Gasteiger partial charge in [0.2, 0.25) is 0 Å². The highest BCUT2D eigenvalue weighted by Gasteiger charge is 2.12. The lowest BCUT2D eigenvalue weighted by atomic mass is 10.1. The third-order valence-corrected chi connectivity index (χ3v) is 1.68. The third-order valence-electron chi connectivity index (χ3n) is 1.68. The van der Waals surface area contributed by atoms with Crippen LogP contribution in [0.1, 0.15) is 24.1 Å². The van der Waals surface area contributed by atoms with Gasteiger partial charge in [-0.3, -0.25) is 0 Å². The van der Waals surface area contributed by atoms with Crippen molar-refractivity contribution in [3.8, 4) is 0 Å². The van der Waals surface area contributed by atoms with Crippen molar-refractivity contribution in [3.63, 3.8) is 0 Å². The Bertz CT molecular complexity index is 272. The van der Waals surface area contributed by atoms with Crippen molar-refractivity contribution in [2.75, 3.05) is 0 Å². The van der Waals surface area contributed by atoms with Gasteiger partial charge in [0.25, 0.3) is 0 Å². The summed E-state index contributed by atoms with van der Waals surface area (Å²) in [6.45, 7) is 3.19. The monoisotopic (exact) mass is 171 g/mol. The second-order valence-corrected chi connectivity index (χ2v) is 2.93. The first-order valence-electron chi connectivity index (χ1n) is 3.73. The summed E-state index contributed by atoms with van der Waals surface area (Å²) in [5.74, 6) is -1.13. The lowest BCUT2D eigenvalue weighted by Gasteiger charge is -2.08. The van der Waals surface area contributed by atoms with Crippen molar-refractivity contribution in [1.82, 2.24) is 0 Å². The predicted octanol–water partition coefficient (Wildman–Crippen LogP) is 2.29. The molecule has 0 radical (unpaired) electrons. The molecule has 0 aliphatic rings. The van der Waals surface area contributed by atoms with Gasteiger partial charge in [0.15, 0.2) is 0 Å². The zero-order chi connectivity index (χ0) is 9.30. The van der Waals surface area contributed by atoms with Gasteiger partial charge in [-0.1, -0.05) is 0 Å². The molecule has 0 fully saturated rings. The number of hydrogen-bond donors (Lipinski definition) is 1. The summed E-state index contributed by atoms with van der Waals surface area (Å²) < 4.78 is 26.1. The van der Waals surface area contributed by atoms with E-state index >= 15 is 0 Å². The minimum Gasteiger partial charge on any atom is -0.324 e. The predicted molar refractivity (Wildman–Crippen MR) is 43.7 cm³/mol. The molecule has 3 heteroatoms. The first-order valence-corrected chi connectivity index (χ1v) is 3.73. The summed E-state index contributed by atoms with van der Waals surface area (Å²) in [5, 5.41) is 0. The summed E-state index contributed by atoms with van der Waals surface area (Å²) >= 11 is 0. The highest BCUT2D eigenvalue weighted by molar-refractivity contribution is 5.27. The molecule has 1 aromatic rings. The molecule has 0 aromatic heterocycles. The van der Waals surface area contributed by atoms with Crippen molar-refractivity contribution in [3.05, 3.63) is 34.9 Å². The average molecular weight is 171 g/mol. The standard InChI is InChI=1S/C9H11F2N/c1-5-3-7(10)9(6(2)12)8(11)4-5/h3-4,6H,12H2,1-2H3. The average Bonchev–Trinajstić information content (AvgIpc) is 1.82. The Morgan fingerprint density at radius 2 is 1.67 bits per heavy atom. The van der Waals surface area contributed by atoms with E-state index in [1.54, 1.807) is 13.8 Å². The molecule has 0 bridgehead atoms. The number of halogens is 2. The highest BCUT2D eigenvalue weighted by Crippen LogP contribution is 2.19. The molecular formula is C9H11F2N. The van der Waals surface area contributed by atoms with Crippen LogP contribution in [-0.2, 0) is 0 Å². The van der Waals surface area contributed by atoms with E-state index in [1.807, 2.05) is 0 Å². The van der Waals surface area contributed by atoms with E-state index in [1.165, 1.54) is 12.1 Å². The van der Waals surface area contributed by atoms with Gasteiger partial charge in [-0.2, -0.15) is 0 Å². The summed E-state index contributed by atoms with van der Waals surface area (Å²) in [6.07, 6.45) is 0. The van der Waals surface area contributed by atoms with Gasteiger partial charge in [-0.05, 0) is 31.5 Å². The lowest BCUT2D eigenvalue weighted by Crippen LogP contribution is -2.10. The van der Waals surface area contributed by atoms with Gasteiger partial charge in [0.1, 0.15) is 11.6 Å². The fourth-order valence-corrected chi connectivity index (χ4v) is 1.15. The molecule has 0 saturated heterocycles. The van der Waals surface area contributed by atoms with E-state index in [0.717, 1.165) is 0 Å². The van der Waals surface area contributed by atoms with Crippen LogP contribution in [0, 0.1) is 18.6 Å². The quantitative estimate of drug-likeness (QED) is 0.689. The maximum atomic E-state index is 13.0. The van der Waals surface area contributed by atoms with Gasteiger partial charge in [-0.15, -0.1) is 0 Å². The zero-order valence-corrected chi connectivity index (χ0v) is 7.07. The molecule has 1 unspecified atom stereocenters. The molecule has 0 amide bonds. The van der Waals surface area contributed by atoms with Crippen LogP contribution in [0.5, 0.6) is 0 Å². The number of benzene rings is 1. The van der Waals surface area contributed by atoms with Crippen LogP contribution in [0.3, 0.4) is 0 Å². The number of aryl methyl sites for hydroxylation is 1. The molecular weight excluding hydrogens is 160 g/mol. The Balaban J connectivity index is 3.28. The molecule has 1 nitrogen and oxygen atoms in total. The van der Waals surface area contributed by atoms with Gasteiger partial charge in [0, 0.05) is 11.6 Å². The Labute approximate surface area is 70.2 Å². The van der Waals surface area contributed by atoms with E-state index in [9.17, 15) is 8.78 Å². The van der Waals surface area contributed by atoms with Crippen LogP contribution >= 0.6 is 0 Å². The van der Waals surface area contributed by atoms with E-state index in [2.05, 4.69) is 0 Å². The molecule has 1 aromatic carbocycles. The first kappa shape index (κ1) is 9.13. The minimum absolute atomic E-state index is 0.0411. The van der Waals surface area contributed by atoms with Crippen molar-refractivity contribution in [2.24, 2.45) is 5.73 Å². The summed E-state index contributed by atoms with van der Waals surface area (Å²) in [5.41, 5.74) is 5.91. The largest absolute Gasteiger partial charge is 0.324 e. The molecule has 0 aliphatic heterocycles. The van der Waals surface area contributed by atoms with Gasteiger partial charge in [-0.25, -0.2) is 8.78 Å². The fraction of sp³-hybridized carbons (Fsp3) is 0.333. The van der Waals surface area contributed by atoms with Crippen molar-refractivity contribution >= 4 is 0 Å². The van der Waals surface area contributed by atoms with Crippen LogP contribution < -0.4 is 5.73 Å². The Morgan fingerprint density at radius 3 is 2.00 bits per heavy atom. The van der Waals surface area contributed by atoms with Crippen LogP contribution in [0.15, 0.2) is 12.1 Å². The van der Waals surface area contributed by atoms with Gasteiger partial charge in [0.05, 0.1) is 0 Å². The SMILES string of the molecule is Cc1cc(F)c(C(C)N)c(F)c1. The molecule has 0 aliphatic carbocycles. The molecule has 0 heterocycles. The zero-order valence-electron chi connectivity index (χ0n) is 7.07. The van der Waals surface area contributed by atoms with E-state index in [0.29, 0.717) is 5.56 Å². The normalized spacial score (nSPS) is 13.1. The first-order chi connectivity index (χ1) is 5.52. The Morgan fingerprint density at radius 1 is 1.25 bits per heavy atom. The smallest absolute Gasteiger partial charge is 0.131 e. The van der Waals surface area contributed by atoms with E-state index in [4.69, 9.17) is 5.73 Å². The maximum Gasteiger partial charge on any atom is 0.131 e. The second-order valence-electron chi connectivity index (χ2n) is 2.93. The summed E-state index contributed by atoms with van der Waals surface area (Å²) in [4.78, 5) is 0. The van der Waals surface area contributed by atoms with Crippen molar-refractivity contribution in [1.29, 1.82) is 0 Å². The van der Waals surface area contributed by atoms with Crippen molar-refractivity contribution in [2.45, 2.75) is 19.9 Å². The summed E-state index contributed by atoms with van der Waals surface area (Å²) in [6, 6.07) is 1.95. The maximum absolute atomic E-state index is 13.0. The van der Waals surface area contributed by atoms with Crippen LogP contribution in [0.2, 0.25) is 0 Å². The molecule has 0 spiro atoms. The molecule has 0 saturated carbocycles. The van der Waals surface area contributed by atoms with E-state index < -0.39 is 17.7 Å². The number of hydrogen-bond acceptors (Lipinski definition) is 1. The molecule has 1 atom stereocenters. The fourth-order valence-electron chi connectivity index (χ4n) is 1.15. The number of nitrogens with two attached hydrogens (primary N) is 1. The van der Waals surface area contributed by atoms with Crippen molar-refractivity contribution < 1.29 is 8.78 Å². The second kappa shape index (κ2) is 3.19. The van der Waals surface area contributed by atoms with Gasteiger partial charge < -0.3 is 5.73 Å². The Kier molecular flexibility index (Phi) is 2.43. The molecule has 66 valence electrons. The Hall–Kier alpha value is -0.960. The van der Waals surface area contributed by atoms with Crippen LogP contribution in [0.4, 0.5) is 8.78 Å². The summed E-state index contributed by atoms with van der Waals surface area (Å²) in [7, 11) is 0. The minimum atomic E-state index is -0.606. The van der Waals surface area contributed by atoms with Crippen LogP contribution in [0.25, 0.3) is 0 Å². The topological polar surface area (TPSA) is 26.0 Å². The molecule has 1 rings (SSSR count). The van der Waals surface area contributed by atoms with E-state index in [-0.39, 0.29) is 5.56 Å². The third kappa shape index (κ3) is 1.61. The molecule has 12 heavy (non-hydrogen) atoms. The lowest BCUT2D eigenvalue weighted by molar-refractivity contribution is 0.535. The van der Waals surface area contributed by atoms with Crippen LogP contribution in [-0.4, -0.2) is 0 Å². The highest BCUT2D eigenvalue weighted by atomic mass is 19.1. The molecule has 2 N–H and O–H groups in total. The van der Waals surface area contributed by atoms with Gasteiger partial charge >= 0.3 is 0 Å². The number of rotatable bonds is 1.